The third-order valence-corrected chi connectivity index (χ3v) is 11.5. The molecule has 8 nitrogen and oxygen atoms in total. The number of ether oxygens (including phenoxy) is 1. The summed E-state index contributed by atoms with van der Waals surface area (Å²) in [6, 6.07) is 12.6. The molecular formula is C33H28N2O6S2. The van der Waals surface area contributed by atoms with Gasteiger partial charge in [-0.3, -0.25) is 29.0 Å². The smallest absolute Gasteiger partial charge is 0.234 e. The van der Waals surface area contributed by atoms with E-state index >= 15 is 0 Å². The molecule has 0 radical (unpaired) electrons. The maximum atomic E-state index is 14.1. The number of phenols is 1. The van der Waals surface area contributed by atoms with Gasteiger partial charge in [-0.05, 0) is 65.4 Å². The number of aromatic hydroxyl groups is 1. The van der Waals surface area contributed by atoms with Gasteiger partial charge in [-0.2, -0.15) is 0 Å². The molecule has 6 unspecified atom stereocenters. The van der Waals surface area contributed by atoms with Crippen LogP contribution in [0.5, 0.6) is 11.5 Å². The molecule has 2 aliphatic carbocycles. The average Bonchev–Trinajstić information content (AvgIpc) is 3.80. The highest BCUT2D eigenvalue weighted by atomic mass is 32.1. The summed E-state index contributed by atoms with van der Waals surface area (Å²) in [4.78, 5) is 60.3. The van der Waals surface area contributed by atoms with Crippen LogP contribution in [0.1, 0.15) is 28.2 Å². The fourth-order valence-corrected chi connectivity index (χ4v) is 9.36. The van der Waals surface area contributed by atoms with Gasteiger partial charge in [-0.25, -0.2) is 0 Å². The first-order valence-corrected chi connectivity index (χ1v) is 16.3. The second kappa shape index (κ2) is 10.0. The van der Waals surface area contributed by atoms with Crippen molar-refractivity contribution < 1.29 is 29.0 Å². The van der Waals surface area contributed by atoms with Crippen LogP contribution in [0, 0.1) is 35.5 Å². The molecule has 2 saturated heterocycles. The van der Waals surface area contributed by atoms with E-state index in [1.165, 1.54) is 32.5 Å². The van der Waals surface area contributed by atoms with Crippen LogP contribution < -0.4 is 4.74 Å². The van der Waals surface area contributed by atoms with Crippen molar-refractivity contribution >= 4 is 46.3 Å². The zero-order valence-electron chi connectivity index (χ0n) is 23.0. The van der Waals surface area contributed by atoms with E-state index in [4.69, 9.17) is 4.74 Å². The molecule has 3 fully saturated rings. The van der Waals surface area contributed by atoms with Gasteiger partial charge in [-0.1, -0.05) is 23.8 Å². The number of hydrogen-bond donors (Lipinski definition) is 1. The highest BCUT2D eigenvalue weighted by molar-refractivity contribution is 7.10. The molecule has 10 heteroatoms. The van der Waals surface area contributed by atoms with Gasteiger partial charge in [0.1, 0.15) is 11.5 Å². The van der Waals surface area contributed by atoms with Crippen molar-refractivity contribution in [1.82, 2.24) is 9.80 Å². The van der Waals surface area contributed by atoms with Gasteiger partial charge < -0.3 is 9.84 Å². The first kappa shape index (κ1) is 26.6. The molecule has 1 N–H and O–H groups in total. The molecule has 4 amide bonds. The van der Waals surface area contributed by atoms with Gasteiger partial charge in [0.15, 0.2) is 0 Å². The van der Waals surface area contributed by atoms with Crippen molar-refractivity contribution in [3.8, 4) is 11.5 Å². The topological polar surface area (TPSA) is 104 Å². The quantitative estimate of drug-likeness (QED) is 0.325. The molecule has 43 heavy (non-hydrogen) atoms. The molecule has 2 aromatic heterocycles. The fraction of sp³-hybridized carbons (Fsp3) is 0.333. The van der Waals surface area contributed by atoms with Crippen LogP contribution in [-0.4, -0.2) is 38.5 Å². The lowest BCUT2D eigenvalue weighted by Crippen LogP contribution is -2.45. The molecule has 1 saturated carbocycles. The number of phenolic OH excluding ortho intramolecular Hbond substituents is 1. The maximum absolute atomic E-state index is 14.1. The molecule has 5 heterocycles. The van der Waals surface area contributed by atoms with Crippen LogP contribution in [0.2, 0.25) is 0 Å². The Bertz CT molecular complexity index is 1730. The maximum Gasteiger partial charge on any atom is 0.234 e. The number of allylic oxidation sites excluding steroid dienone is 3. The lowest BCUT2D eigenvalue weighted by atomic mass is 9.56. The Kier molecular flexibility index (Phi) is 6.20. The van der Waals surface area contributed by atoms with Crippen molar-refractivity contribution in [1.29, 1.82) is 0 Å². The number of benzene rings is 1. The predicted molar refractivity (Wildman–Crippen MR) is 159 cm³/mol. The van der Waals surface area contributed by atoms with Crippen molar-refractivity contribution in [2.75, 3.05) is 0 Å². The van der Waals surface area contributed by atoms with Crippen LogP contribution in [0.25, 0.3) is 0 Å². The summed E-state index contributed by atoms with van der Waals surface area (Å²) in [5, 5.41) is 14.0. The van der Waals surface area contributed by atoms with Crippen molar-refractivity contribution in [2.45, 2.75) is 32.4 Å². The monoisotopic (exact) mass is 612 g/mol. The number of thiophene rings is 2. The van der Waals surface area contributed by atoms with Gasteiger partial charge in [0.05, 0.1) is 43.0 Å². The molecule has 6 atom stereocenters. The molecule has 218 valence electrons. The van der Waals surface area contributed by atoms with E-state index < -0.39 is 29.6 Å². The summed E-state index contributed by atoms with van der Waals surface area (Å²) in [6.45, 7) is 0.480. The van der Waals surface area contributed by atoms with Gasteiger partial charge in [-0.15, -0.1) is 22.7 Å². The van der Waals surface area contributed by atoms with Crippen molar-refractivity contribution in [3.63, 3.8) is 0 Å². The third kappa shape index (κ3) is 4.14. The summed E-state index contributed by atoms with van der Waals surface area (Å²) >= 11 is 3.02. The normalized spacial score (nSPS) is 29.5. The number of fused-ring (bicyclic) bond motifs is 5. The SMILES string of the molecule is O=C1C2CC=C3C(CC4C(=O)N(Cc5cccs5)C(=O)C4C3C3=COc4ccc(O)cc4C3)C2C(=O)N1Cc1cccs1. The fourth-order valence-electron chi connectivity index (χ4n) is 7.97. The zero-order chi connectivity index (χ0) is 29.4. The number of imide groups is 2. The first-order valence-electron chi connectivity index (χ1n) is 14.5. The van der Waals surface area contributed by atoms with Crippen LogP contribution in [0.4, 0.5) is 0 Å². The zero-order valence-corrected chi connectivity index (χ0v) is 24.7. The molecule has 3 aromatic rings. The Morgan fingerprint density at radius 2 is 1.49 bits per heavy atom. The predicted octanol–water partition coefficient (Wildman–Crippen LogP) is 4.90. The molecule has 8 rings (SSSR count). The second-order valence-electron chi connectivity index (χ2n) is 12.0. The Balaban J connectivity index is 1.18. The summed E-state index contributed by atoms with van der Waals surface area (Å²) in [6.07, 6.45) is 4.96. The molecular weight excluding hydrogens is 585 g/mol. The Hall–Kier alpha value is -4.02. The van der Waals surface area contributed by atoms with E-state index in [-0.39, 0.29) is 48.4 Å². The minimum absolute atomic E-state index is 0.123. The van der Waals surface area contributed by atoms with E-state index in [9.17, 15) is 24.3 Å². The average molecular weight is 613 g/mol. The molecule has 0 spiro atoms. The van der Waals surface area contributed by atoms with E-state index in [0.29, 0.717) is 25.0 Å². The number of carbonyl (C=O) groups is 4. The number of amides is 4. The number of nitrogens with zero attached hydrogens (tertiary/aromatic N) is 2. The minimum Gasteiger partial charge on any atom is -0.508 e. The Morgan fingerprint density at radius 3 is 2.16 bits per heavy atom. The highest BCUT2D eigenvalue weighted by Crippen LogP contribution is 2.57. The van der Waals surface area contributed by atoms with Gasteiger partial charge in [0, 0.05) is 27.7 Å². The molecule has 3 aliphatic heterocycles. The Labute approximate surface area is 255 Å². The summed E-state index contributed by atoms with van der Waals surface area (Å²) in [5.41, 5.74) is 2.60. The number of carbonyl (C=O) groups excluding carboxylic acids is 4. The number of rotatable bonds is 5. The third-order valence-electron chi connectivity index (χ3n) is 9.79. The standard InChI is InChI=1S/C33H28N2O6S2/c36-19-5-8-26-17(12-19)11-18(16-41-26)27-22-6-7-23-28(32(39)34(30(23)37)14-20-3-1-9-42-20)24(22)13-25-29(27)33(40)35(31(25)38)15-21-4-2-10-43-21/h1-6,8-10,12,16,23-25,27-29,36H,7,11,13-15H2. The molecule has 5 aliphatic rings. The summed E-state index contributed by atoms with van der Waals surface area (Å²) in [7, 11) is 0. The van der Waals surface area contributed by atoms with Crippen LogP contribution >= 0.6 is 22.7 Å². The van der Waals surface area contributed by atoms with Crippen molar-refractivity contribution in [2.24, 2.45) is 35.5 Å². The van der Waals surface area contributed by atoms with Crippen molar-refractivity contribution in [3.05, 3.63) is 92.0 Å². The van der Waals surface area contributed by atoms with E-state index in [1.54, 1.807) is 24.5 Å². The number of likely N-dealkylation sites (tertiary alicyclic amines) is 2. The first-order chi connectivity index (χ1) is 20.9. The molecule has 1 aromatic carbocycles. The lowest BCUT2D eigenvalue weighted by Gasteiger charge is -2.45. The largest absolute Gasteiger partial charge is 0.508 e. The van der Waals surface area contributed by atoms with Gasteiger partial charge in [0.2, 0.25) is 23.6 Å². The van der Waals surface area contributed by atoms with Crippen LogP contribution in [-0.2, 0) is 38.7 Å². The van der Waals surface area contributed by atoms with Crippen LogP contribution in [0.3, 0.4) is 0 Å². The van der Waals surface area contributed by atoms with Gasteiger partial charge >= 0.3 is 0 Å². The molecule has 0 bridgehead atoms. The van der Waals surface area contributed by atoms with Gasteiger partial charge in [0.25, 0.3) is 0 Å². The minimum atomic E-state index is -0.616. The Morgan fingerprint density at radius 1 is 0.814 bits per heavy atom. The second-order valence-corrected chi connectivity index (χ2v) is 14.1. The highest BCUT2D eigenvalue weighted by Gasteiger charge is 2.62. The van der Waals surface area contributed by atoms with Crippen LogP contribution in [0.15, 0.2) is 76.7 Å². The summed E-state index contributed by atoms with van der Waals surface area (Å²) in [5.74, 6) is -3.03. The van der Waals surface area contributed by atoms with E-state index in [1.807, 2.05) is 35.0 Å². The van der Waals surface area contributed by atoms with E-state index in [0.717, 1.165) is 26.5 Å². The number of hydrogen-bond acceptors (Lipinski definition) is 8. The lowest BCUT2D eigenvalue weighted by molar-refractivity contribution is -0.142. The van der Waals surface area contributed by atoms with E-state index in [2.05, 4.69) is 6.08 Å². The summed E-state index contributed by atoms with van der Waals surface area (Å²) < 4.78 is 6.01.